The molecular formula is C32H29F4N3O5. The molecule has 44 heavy (non-hydrogen) atoms. The van der Waals surface area contributed by atoms with Crippen molar-refractivity contribution in [3.05, 3.63) is 101 Å². The van der Waals surface area contributed by atoms with E-state index in [1.807, 2.05) is 6.07 Å². The van der Waals surface area contributed by atoms with Crippen molar-refractivity contribution in [2.24, 2.45) is 16.4 Å². The van der Waals surface area contributed by atoms with Crippen LogP contribution in [0.2, 0.25) is 0 Å². The minimum Gasteiger partial charge on any atom is -0.481 e. The van der Waals surface area contributed by atoms with Gasteiger partial charge < -0.3 is 15.2 Å². The Balaban J connectivity index is 1.35. The van der Waals surface area contributed by atoms with Gasteiger partial charge >= 0.3 is 12.1 Å². The van der Waals surface area contributed by atoms with Crippen LogP contribution in [0, 0.1) is 17.2 Å². The standard InChI is InChI=1S/C32H29F4N3O5/c1-19(32(34,35)36)27(28(41)37-25-15-21(9-12-24(25)33)16-31(13-14-31)30(42)43)22-10-7-20(8-11-22)17-39-26(40)18-44-29(38-39)23-5-3-2-4-6-23/h2-12,15,19,27H,13-14,16-18H2,1H3,(H,37,41)(H,42,43). The van der Waals surface area contributed by atoms with Crippen LogP contribution >= 0.6 is 0 Å². The first-order valence-corrected chi connectivity index (χ1v) is 13.9. The minimum absolute atomic E-state index is 0.0142. The van der Waals surface area contributed by atoms with Gasteiger partial charge in [-0.1, -0.05) is 55.5 Å². The second kappa shape index (κ2) is 12.1. The molecule has 2 N–H and O–H groups in total. The van der Waals surface area contributed by atoms with Crippen LogP contribution in [-0.4, -0.2) is 46.6 Å². The van der Waals surface area contributed by atoms with Crippen LogP contribution in [0.1, 0.15) is 47.9 Å². The smallest absolute Gasteiger partial charge is 0.392 e. The molecule has 0 aromatic heterocycles. The lowest BCUT2D eigenvalue weighted by atomic mass is 9.85. The molecule has 8 nitrogen and oxygen atoms in total. The second-order valence-corrected chi connectivity index (χ2v) is 11.1. The molecule has 1 aliphatic carbocycles. The average Bonchev–Trinajstić information content (AvgIpc) is 3.78. The summed E-state index contributed by atoms with van der Waals surface area (Å²) in [7, 11) is 0. The van der Waals surface area contributed by atoms with E-state index in [1.54, 1.807) is 24.3 Å². The second-order valence-electron chi connectivity index (χ2n) is 11.1. The predicted octanol–water partition coefficient (Wildman–Crippen LogP) is 5.87. The van der Waals surface area contributed by atoms with Gasteiger partial charge in [0.25, 0.3) is 5.91 Å². The number of carbonyl (C=O) groups is 3. The Morgan fingerprint density at radius 3 is 2.32 bits per heavy atom. The van der Waals surface area contributed by atoms with Crippen molar-refractivity contribution < 1.29 is 41.8 Å². The van der Waals surface area contributed by atoms with Gasteiger partial charge in [0, 0.05) is 5.56 Å². The molecule has 2 atom stereocenters. The quantitative estimate of drug-likeness (QED) is 0.279. The third-order valence-corrected chi connectivity index (χ3v) is 7.96. The van der Waals surface area contributed by atoms with Crippen molar-refractivity contribution in [2.45, 2.75) is 44.8 Å². The molecule has 2 unspecified atom stereocenters. The van der Waals surface area contributed by atoms with Gasteiger partial charge in [-0.2, -0.15) is 13.2 Å². The number of hydrogen-bond donors (Lipinski definition) is 2. The van der Waals surface area contributed by atoms with E-state index in [0.717, 1.165) is 13.0 Å². The highest BCUT2D eigenvalue weighted by Crippen LogP contribution is 2.49. The summed E-state index contributed by atoms with van der Waals surface area (Å²) in [5.74, 6) is -6.91. The number of carboxylic acids is 1. The number of carboxylic acid groups (broad SMARTS) is 1. The van der Waals surface area contributed by atoms with Gasteiger partial charge in [-0.3, -0.25) is 14.4 Å². The summed E-state index contributed by atoms with van der Waals surface area (Å²) in [4.78, 5) is 37.3. The van der Waals surface area contributed by atoms with Crippen LogP contribution in [0.15, 0.2) is 77.9 Å². The number of aliphatic carboxylic acids is 1. The van der Waals surface area contributed by atoms with Crippen LogP contribution < -0.4 is 5.32 Å². The lowest BCUT2D eigenvalue weighted by molar-refractivity contribution is -0.178. The molecule has 0 bridgehead atoms. The van der Waals surface area contributed by atoms with Gasteiger partial charge in [-0.05, 0) is 60.2 Å². The predicted molar refractivity (Wildman–Crippen MR) is 152 cm³/mol. The third kappa shape index (κ3) is 6.74. The number of hydrogen-bond acceptors (Lipinski definition) is 5. The topological polar surface area (TPSA) is 108 Å². The van der Waals surface area contributed by atoms with Crippen molar-refractivity contribution in [1.82, 2.24) is 5.01 Å². The number of nitrogens with one attached hydrogen (secondary N) is 1. The highest BCUT2D eigenvalue weighted by molar-refractivity contribution is 5.98. The zero-order chi connectivity index (χ0) is 31.6. The van der Waals surface area contributed by atoms with Crippen LogP contribution in [0.25, 0.3) is 0 Å². The largest absolute Gasteiger partial charge is 0.481 e. The van der Waals surface area contributed by atoms with Crippen molar-refractivity contribution in [3.8, 4) is 0 Å². The fourth-order valence-corrected chi connectivity index (χ4v) is 5.10. The first-order chi connectivity index (χ1) is 20.9. The Morgan fingerprint density at radius 2 is 1.70 bits per heavy atom. The number of ether oxygens (including phenoxy) is 1. The van der Waals surface area contributed by atoms with E-state index in [2.05, 4.69) is 10.4 Å². The summed E-state index contributed by atoms with van der Waals surface area (Å²) in [6, 6.07) is 18.4. The molecule has 5 rings (SSSR count). The molecule has 0 radical (unpaired) electrons. The number of hydrazone groups is 1. The number of benzene rings is 3. The first-order valence-electron chi connectivity index (χ1n) is 13.9. The van der Waals surface area contributed by atoms with Gasteiger partial charge in [0.05, 0.1) is 29.5 Å². The minimum atomic E-state index is -4.75. The van der Waals surface area contributed by atoms with Crippen LogP contribution in [0.5, 0.6) is 0 Å². The first kappa shape index (κ1) is 30.7. The lowest BCUT2D eigenvalue weighted by Crippen LogP contribution is -2.36. The summed E-state index contributed by atoms with van der Waals surface area (Å²) in [5, 5.41) is 17.2. The monoisotopic (exact) mass is 611 g/mol. The zero-order valence-corrected chi connectivity index (χ0v) is 23.6. The summed E-state index contributed by atoms with van der Waals surface area (Å²) in [6.45, 7) is 0.660. The van der Waals surface area contributed by atoms with Crippen LogP contribution in [0.4, 0.5) is 23.2 Å². The van der Waals surface area contributed by atoms with Gasteiger partial charge in [-0.25, -0.2) is 9.40 Å². The van der Waals surface area contributed by atoms with Gasteiger partial charge in [0.1, 0.15) is 5.82 Å². The maximum Gasteiger partial charge on any atom is 0.392 e. The molecule has 12 heteroatoms. The molecule has 2 aliphatic rings. The Hall–Kier alpha value is -4.74. The number of carbonyl (C=O) groups excluding carboxylic acids is 2. The third-order valence-electron chi connectivity index (χ3n) is 7.96. The molecule has 1 heterocycles. The highest BCUT2D eigenvalue weighted by atomic mass is 19.4. The molecule has 2 amide bonds. The number of nitrogens with zero attached hydrogens (tertiary/aromatic N) is 2. The Kier molecular flexibility index (Phi) is 8.44. The number of halogens is 4. The molecular weight excluding hydrogens is 582 g/mol. The van der Waals surface area contributed by atoms with Crippen molar-refractivity contribution in [3.63, 3.8) is 0 Å². The van der Waals surface area contributed by atoms with E-state index in [-0.39, 0.29) is 36.7 Å². The summed E-state index contributed by atoms with van der Waals surface area (Å²) in [5.41, 5.74) is 0.424. The molecule has 0 saturated heterocycles. The Bertz CT molecular complexity index is 1590. The normalized spacial score (nSPS) is 17.2. The van der Waals surface area contributed by atoms with Crippen LogP contribution in [0.3, 0.4) is 0 Å². The van der Waals surface area contributed by atoms with Crippen molar-refractivity contribution in [1.29, 1.82) is 0 Å². The van der Waals surface area contributed by atoms with E-state index in [0.29, 0.717) is 29.5 Å². The van der Waals surface area contributed by atoms with Gasteiger partial charge in [-0.15, -0.1) is 5.10 Å². The number of rotatable bonds is 10. The maximum atomic E-state index is 14.7. The van der Waals surface area contributed by atoms with E-state index < -0.39 is 47.0 Å². The molecule has 3 aromatic carbocycles. The molecule has 230 valence electrons. The van der Waals surface area contributed by atoms with Gasteiger partial charge in [0.2, 0.25) is 11.8 Å². The van der Waals surface area contributed by atoms with Crippen LogP contribution in [-0.2, 0) is 32.1 Å². The Labute approximate surface area is 250 Å². The van der Waals surface area contributed by atoms with Gasteiger partial charge in [0.15, 0.2) is 6.61 Å². The van der Waals surface area contributed by atoms with Crippen molar-refractivity contribution >= 4 is 29.4 Å². The Morgan fingerprint density at radius 1 is 1.05 bits per heavy atom. The number of amides is 2. The van der Waals surface area contributed by atoms with E-state index in [1.165, 1.54) is 41.4 Å². The summed E-state index contributed by atoms with van der Waals surface area (Å²) >= 11 is 0. The maximum absolute atomic E-state index is 14.7. The number of anilines is 1. The zero-order valence-electron chi connectivity index (χ0n) is 23.6. The molecule has 1 fully saturated rings. The average molecular weight is 612 g/mol. The molecule has 3 aromatic rings. The fraction of sp³-hybridized carbons (Fsp3) is 0.312. The fourth-order valence-electron chi connectivity index (χ4n) is 5.10. The molecule has 0 spiro atoms. The van der Waals surface area contributed by atoms with E-state index in [4.69, 9.17) is 4.74 Å². The lowest BCUT2D eigenvalue weighted by Gasteiger charge is -2.26. The summed E-state index contributed by atoms with van der Waals surface area (Å²) < 4.78 is 61.9. The van der Waals surface area contributed by atoms with Crippen molar-refractivity contribution in [2.75, 3.05) is 11.9 Å². The van der Waals surface area contributed by atoms with E-state index in [9.17, 15) is 37.1 Å². The summed E-state index contributed by atoms with van der Waals surface area (Å²) in [6.07, 6.45) is -3.72. The SMILES string of the molecule is CC(C(C(=O)Nc1cc(CC2(C(=O)O)CC2)ccc1F)c1ccc(CN2N=C(c3ccccc3)OCC2=O)cc1)C(F)(F)F. The molecule has 1 saturated carbocycles. The molecule has 1 aliphatic heterocycles. The van der Waals surface area contributed by atoms with E-state index >= 15 is 0 Å². The highest BCUT2D eigenvalue weighted by Gasteiger charge is 2.50. The number of alkyl halides is 3.